The minimum absolute atomic E-state index is 0.373. The van der Waals surface area contributed by atoms with Crippen LogP contribution in [0.4, 0.5) is 0 Å². The van der Waals surface area contributed by atoms with E-state index in [0.29, 0.717) is 6.10 Å². The van der Waals surface area contributed by atoms with Crippen molar-refractivity contribution >= 4 is 11.8 Å². The normalized spacial score (nSPS) is 21.5. The number of hydrogen-bond acceptors (Lipinski definition) is 5. The third-order valence-electron chi connectivity index (χ3n) is 3.27. The van der Waals surface area contributed by atoms with E-state index in [4.69, 9.17) is 4.74 Å². The van der Waals surface area contributed by atoms with Gasteiger partial charge in [-0.3, -0.25) is 4.90 Å². The minimum Gasteiger partial charge on any atom is -0.374 e. The third-order valence-corrected chi connectivity index (χ3v) is 3.76. The van der Waals surface area contributed by atoms with Gasteiger partial charge in [-0.1, -0.05) is 13.8 Å². The fraction of sp³-hybridized carbons (Fsp3) is 1.00. The molecule has 1 heterocycles. The summed E-state index contributed by atoms with van der Waals surface area (Å²) in [4.78, 5) is 4.91. The predicted molar refractivity (Wildman–Crippen MR) is 84.9 cm³/mol. The largest absolute Gasteiger partial charge is 0.374 e. The lowest BCUT2D eigenvalue weighted by molar-refractivity contribution is -0.0408. The summed E-state index contributed by atoms with van der Waals surface area (Å²) in [6.07, 6.45) is 2.50. The zero-order valence-electron chi connectivity index (χ0n) is 13.0. The summed E-state index contributed by atoms with van der Waals surface area (Å²) in [6, 6.07) is 0. The predicted octanol–water partition coefficient (Wildman–Crippen LogP) is 1.19. The lowest BCUT2D eigenvalue weighted by atomic mass is 10.2. The molecule has 1 aliphatic rings. The molecule has 1 saturated heterocycles. The quantitative estimate of drug-likeness (QED) is 0.508. The summed E-state index contributed by atoms with van der Waals surface area (Å²) in [7, 11) is 2.20. The lowest BCUT2D eigenvalue weighted by Crippen LogP contribution is -2.48. The molecule has 114 valence electrons. The molecule has 0 amide bonds. The number of ether oxygens (including phenoxy) is 1. The van der Waals surface area contributed by atoms with Gasteiger partial charge in [0.05, 0.1) is 12.7 Å². The van der Waals surface area contributed by atoms with E-state index in [0.717, 1.165) is 57.7 Å². The summed E-state index contributed by atoms with van der Waals surface area (Å²) >= 11 is 1.84. The Balaban J connectivity index is 2.18. The molecule has 4 nitrogen and oxygen atoms in total. The second kappa shape index (κ2) is 10.00. The van der Waals surface area contributed by atoms with Gasteiger partial charge in [0.15, 0.2) is 0 Å². The van der Waals surface area contributed by atoms with Crippen molar-refractivity contribution < 1.29 is 4.74 Å². The number of morpholine rings is 1. The van der Waals surface area contributed by atoms with Crippen LogP contribution >= 0.6 is 11.8 Å². The van der Waals surface area contributed by atoms with E-state index < -0.39 is 0 Å². The lowest BCUT2D eigenvalue weighted by Gasteiger charge is -2.35. The number of nitrogens with zero attached hydrogens (tertiary/aromatic N) is 2. The maximum Gasteiger partial charge on any atom is 0.0829 e. The summed E-state index contributed by atoms with van der Waals surface area (Å²) in [5.41, 5.74) is 0. The highest BCUT2D eigenvalue weighted by Crippen LogP contribution is 2.07. The van der Waals surface area contributed by atoms with Gasteiger partial charge in [0.25, 0.3) is 0 Å². The van der Waals surface area contributed by atoms with Crippen molar-refractivity contribution in [2.24, 2.45) is 5.92 Å². The molecule has 1 N–H and O–H groups in total. The molecule has 0 bridgehead atoms. The van der Waals surface area contributed by atoms with Crippen LogP contribution in [0.1, 0.15) is 13.8 Å². The molecule has 5 heteroatoms. The maximum atomic E-state index is 5.88. The van der Waals surface area contributed by atoms with Crippen LogP contribution in [0.2, 0.25) is 0 Å². The molecule has 0 aromatic carbocycles. The van der Waals surface area contributed by atoms with Crippen molar-refractivity contribution in [3.05, 3.63) is 0 Å². The standard InChI is InChI=1S/C14H31N3OS/c1-13(2)9-16(3)10-14-11-17(7-8-18-14)6-5-15-12-19-4/h13-15H,5-12H2,1-4H3/t14-/m0/s1. The van der Waals surface area contributed by atoms with Crippen molar-refractivity contribution in [1.29, 1.82) is 0 Å². The Hall–Kier alpha value is 0.190. The highest BCUT2D eigenvalue weighted by molar-refractivity contribution is 7.98. The highest BCUT2D eigenvalue weighted by atomic mass is 32.2. The molecule has 0 aromatic rings. The summed E-state index contributed by atoms with van der Waals surface area (Å²) in [5.74, 6) is 1.77. The molecule has 0 saturated carbocycles. The zero-order valence-corrected chi connectivity index (χ0v) is 13.8. The zero-order chi connectivity index (χ0) is 14.1. The molecule has 1 rings (SSSR count). The second-order valence-electron chi connectivity index (χ2n) is 5.84. The smallest absolute Gasteiger partial charge is 0.0829 e. The second-order valence-corrected chi connectivity index (χ2v) is 6.71. The molecular weight excluding hydrogens is 258 g/mol. The monoisotopic (exact) mass is 289 g/mol. The summed E-state index contributed by atoms with van der Waals surface area (Å²) in [5, 5.41) is 3.43. The van der Waals surface area contributed by atoms with Gasteiger partial charge < -0.3 is 15.0 Å². The first-order valence-corrected chi connectivity index (χ1v) is 8.73. The summed E-state index contributed by atoms with van der Waals surface area (Å²) in [6.45, 7) is 12.0. The molecule has 0 aromatic heterocycles. The molecule has 0 aliphatic carbocycles. The Morgan fingerprint density at radius 2 is 2.26 bits per heavy atom. The van der Waals surface area contributed by atoms with Crippen LogP contribution < -0.4 is 5.32 Å². The van der Waals surface area contributed by atoms with Crippen molar-refractivity contribution in [1.82, 2.24) is 15.1 Å². The molecule has 0 unspecified atom stereocenters. The van der Waals surface area contributed by atoms with E-state index in [1.807, 2.05) is 11.8 Å². The van der Waals surface area contributed by atoms with Crippen LogP contribution in [0.3, 0.4) is 0 Å². The van der Waals surface area contributed by atoms with Gasteiger partial charge >= 0.3 is 0 Å². The van der Waals surface area contributed by atoms with Crippen molar-refractivity contribution in [2.45, 2.75) is 20.0 Å². The molecule has 0 radical (unpaired) electrons. The van der Waals surface area contributed by atoms with E-state index >= 15 is 0 Å². The van der Waals surface area contributed by atoms with Crippen LogP contribution in [0.15, 0.2) is 0 Å². The van der Waals surface area contributed by atoms with Crippen LogP contribution in [0, 0.1) is 5.92 Å². The Kier molecular flexibility index (Phi) is 9.07. The van der Waals surface area contributed by atoms with Gasteiger partial charge in [-0.25, -0.2) is 0 Å². The number of hydrogen-bond donors (Lipinski definition) is 1. The van der Waals surface area contributed by atoms with Crippen molar-refractivity contribution in [2.75, 3.05) is 65.1 Å². The molecule has 19 heavy (non-hydrogen) atoms. The van der Waals surface area contributed by atoms with Crippen molar-refractivity contribution in [3.63, 3.8) is 0 Å². The van der Waals surface area contributed by atoms with Gasteiger partial charge in [-0.05, 0) is 19.2 Å². The molecule has 0 spiro atoms. The summed E-state index contributed by atoms with van der Waals surface area (Å²) < 4.78 is 5.88. The average Bonchev–Trinajstić information content (AvgIpc) is 2.34. The average molecular weight is 289 g/mol. The van der Waals surface area contributed by atoms with Gasteiger partial charge in [-0.2, -0.15) is 0 Å². The SMILES string of the molecule is CSCNCCN1CCO[C@@H](CN(C)CC(C)C)C1. The molecule has 1 fully saturated rings. The van der Waals surface area contributed by atoms with E-state index in [1.54, 1.807) is 0 Å². The maximum absolute atomic E-state index is 5.88. The van der Waals surface area contributed by atoms with E-state index in [9.17, 15) is 0 Å². The Morgan fingerprint density at radius 1 is 1.47 bits per heavy atom. The van der Waals surface area contributed by atoms with Crippen molar-refractivity contribution in [3.8, 4) is 0 Å². The first kappa shape index (κ1) is 17.2. The van der Waals surface area contributed by atoms with E-state index in [-0.39, 0.29) is 0 Å². The minimum atomic E-state index is 0.373. The highest BCUT2D eigenvalue weighted by Gasteiger charge is 2.21. The third kappa shape index (κ3) is 8.15. The molecular formula is C14H31N3OS. The van der Waals surface area contributed by atoms with Gasteiger partial charge in [-0.15, -0.1) is 11.8 Å². The van der Waals surface area contributed by atoms with Gasteiger partial charge in [0.2, 0.25) is 0 Å². The molecule has 1 atom stereocenters. The fourth-order valence-corrected chi connectivity index (χ4v) is 2.90. The Labute approximate surface area is 123 Å². The number of likely N-dealkylation sites (N-methyl/N-ethyl adjacent to an activating group) is 1. The molecule has 1 aliphatic heterocycles. The number of nitrogens with one attached hydrogen (secondary N) is 1. The van der Waals surface area contributed by atoms with E-state index in [2.05, 4.69) is 42.3 Å². The number of rotatable bonds is 9. The van der Waals surface area contributed by atoms with Crippen LogP contribution in [0.25, 0.3) is 0 Å². The number of thioether (sulfide) groups is 1. The van der Waals surface area contributed by atoms with E-state index in [1.165, 1.54) is 0 Å². The first-order chi connectivity index (χ1) is 9.11. The Morgan fingerprint density at radius 3 is 2.95 bits per heavy atom. The van der Waals surface area contributed by atoms with Crippen LogP contribution in [-0.4, -0.2) is 81.0 Å². The first-order valence-electron chi connectivity index (χ1n) is 7.34. The van der Waals surface area contributed by atoms with Crippen LogP contribution in [0.5, 0.6) is 0 Å². The van der Waals surface area contributed by atoms with Gasteiger partial charge in [0, 0.05) is 45.1 Å². The van der Waals surface area contributed by atoms with Crippen LogP contribution in [-0.2, 0) is 4.74 Å². The van der Waals surface area contributed by atoms with Gasteiger partial charge in [0.1, 0.15) is 0 Å². The fourth-order valence-electron chi connectivity index (χ4n) is 2.55. The Bertz CT molecular complexity index is 229. The topological polar surface area (TPSA) is 27.7 Å².